The van der Waals surface area contributed by atoms with Crippen molar-refractivity contribution < 1.29 is 14.4 Å². The van der Waals surface area contributed by atoms with Crippen molar-refractivity contribution in [1.29, 1.82) is 0 Å². The molecule has 2 N–H and O–H groups in total. The van der Waals surface area contributed by atoms with Gasteiger partial charge in [0.25, 0.3) is 0 Å². The van der Waals surface area contributed by atoms with Gasteiger partial charge in [-0.05, 0) is 18.2 Å². The Labute approximate surface area is 124 Å². The van der Waals surface area contributed by atoms with E-state index >= 15 is 0 Å². The first-order valence-electron chi connectivity index (χ1n) is 7.11. The monoisotopic (exact) mass is 283 g/mol. The van der Waals surface area contributed by atoms with Crippen LogP contribution in [0.3, 0.4) is 0 Å². The molecule has 2 aromatic rings. The molecule has 0 aromatic heterocycles. The van der Waals surface area contributed by atoms with Gasteiger partial charge in [-0.1, -0.05) is 30.3 Å². The first kappa shape index (κ1) is 13.6. The lowest BCUT2D eigenvalue weighted by atomic mass is 10.1. The molecule has 4 heteroatoms. The third kappa shape index (κ3) is 3.41. The Morgan fingerprint density at radius 2 is 2.05 bits per heavy atom. The van der Waals surface area contributed by atoms with E-state index in [4.69, 9.17) is 4.74 Å². The molecule has 4 nitrogen and oxygen atoms in total. The highest BCUT2D eigenvalue weighted by Crippen LogP contribution is 2.23. The third-order valence-corrected chi connectivity index (χ3v) is 3.55. The van der Waals surface area contributed by atoms with E-state index in [0.717, 1.165) is 30.1 Å². The molecule has 0 aliphatic carbocycles. The highest BCUT2D eigenvalue weighted by Gasteiger charge is 2.21. The van der Waals surface area contributed by atoms with Gasteiger partial charge in [-0.2, -0.15) is 0 Å². The predicted molar refractivity (Wildman–Crippen MR) is 81.1 cm³/mol. The summed E-state index contributed by atoms with van der Waals surface area (Å²) in [5.74, 6) is 0.862. The van der Waals surface area contributed by atoms with Gasteiger partial charge in [-0.3, -0.25) is 9.69 Å². The molecule has 1 aliphatic rings. The van der Waals surface area contributed by atoms with E-state index in [1.165, 1.54) is 17.4 Å². The SMILES string of the molecule is CC(=O)Nc1ccc2c(c1)C[NH+](Cc1ccccc1)CO2. The van der Waals surface area contributed by atoms with Crippen molar-refractivity contribution in [3.8, 4) is 5.75 Å². The van der Waals surface area contributed by atoms with Crippen molar-refractivity contribution in [2.75, 3.05) is 12.0 Å². The molecule has 3 rings (SSSR count). The van der Waals surface area contributed by atoms with Crippen LogP contribution in [0.2, 0.25) is 0 Å². The highest BCUT2D eigenvalue weighted by molar-refractivity contribution is 5.88. The second-order valence-corrected chi connectivity index (χ2v) is 5.38. The number of rotatable bonds is 3. The molecule has 0 fully saturated rings. The van der Waals surface area contributed by atoms with E-state index in [1.54, 1.807) is 0 Å². The van der Waals surface area contributed by atoms with Gasteiger partial charge in [-0.25, -0.2) is 0 Å². The molecular formula is C17H19N2O2+. The van der Waals surface area contributed by atoms with Gasteiger partial charge in [0.05, 0.1) is 5.56 Å². The van der Waals surface area contributed by atoms with Gasteiger partial charge in [-0.15, -0.1) is 0 Å². The maximum absolute atomic E-state index is 11.1. The zero-order chi connectivity index (χ0) is 14.7. The summed E-state index contributed by atoms with van der Waals surface area (Å²) in [6, 6.07) is 16.2. The van der Waals surface area contributed by atoms with E-state index in [1.807, 2.05) is 24.3 Å². The Bertz CT molecular complexity index is 640. The molecule has 1 aliphatic heterocycles. The van der Waals surface area contributed by atoms with Crippen molar-refractivity contribution in [2.45, 2.75) is 20.0 Å². The molecule has 1 atom stereocenters. The fourth-order valence-electron chi connectivity index (χ4n) is 2.64. The molecule has 0 spiro atoms. The largest absolute Gasteiger partial charge is 0.445 e. The third-order valence-electron chi connectivity index (χ3n) is 3.55. The molecule has 1 amide bonds. The summed E-state index contributed by atoms with van der Waals surface area (Å²) >= 11 is 0. The van der Waals surface area contributed by atoms with E-state index in [-0.39, 0.29) is 5.91 Å². The standard InChI is InChI=1S/C17H18N2O2/c1-13(20)18-16-7-8-17-15(9-16)11-19(12-21-17)10-14-5-3-2-4-6-14/h2-9H,10-12H2,1H3,(H,18,20)/p+1. The van der Waals surface area contributed by atoms with Crippen LogP contribution in [0.25, 0.3) is 0 Å². The Morgan fingerprint density at radius 1 is 1.24 bits per heavy atom. The number of amides is 1. The topological polar surface area (TPSA) is 42.8 Å². The van der Waals surface area contributed by atoms with E-state index < -0.39 is 0 Å². The average molecular weight is 283 g/mol. The minimum atomic E-state index is -0.0554. The summed E-state index contributed by atoms with van der Waals surface area (Å²) in [4.78, 5) is 12.5. The highest BCUT2D eigenvalue weighted by atomic mass is 16.5. The number of fused-ring (bicyclic) bond motifs is 1. The van der Waals surface area contributed by atoms with E-state index in [0.29, 0.717) is 6.73 Å². The van der Waals surface area contributed by atoms with Crippen molar-refractivity contribution in [1.82, 2.24) is 0 Å². The van der Waals surface area contributed by atoms with E-state index in [2.05, 4.69) is 29.6 Å². The van der Waals surface area contributed by atoms with Crippen LogP contribution in [0.1, 0.15) is 18.1 Å². The maximum Gasteiger partial charge on any atom is 0.222 e. The van der Waals surface area contributed by atoms with Crippen LogP contribution in [-0.2, 0) is 17.9 Å². The van der Waals surface area contributed by atoms with Crippen molar-refractivity contribution in [2.24, 2.45) is 0 Å². The van der Waals surface area contributed by atoms with Crippen LogP contribution in [-0.4, -0.2) is 12.6 Å². The predicted octanol–water partition coefficient (Wildman–Crippen LogP) is 1.58. The summed E-state index contributed by atoms with van der Waals surface area (Å²) in [7, 11) is 0. The number of anilines is 1. The smallest absolute Gasteiger partial charge is 0.222 e. The molecule has 1 heterocycles. The zero-order valence-electron chi connectivity index (χ0n) is 12.1. The number of hydrogen-bond acceptors (Lipinski definition) is 2. The van der Waals surface area contributed by atoms with Crippen LogP contribution < -0.4 is 15.0 Å². The van der Waals surface area contributed by atoms with Crippen molar-refractivity contribution in [3.63, 3.8) is 0 Å². The minimum absolute atomic E-state index is 0.0554. The fraction of sp³-hybridized carbons (Fsp3) is 0.235. The summed E-state index contributed by atoms with van der Waals surface area (Å²) in [5, 5.41) is 2.82. The number of quaternary nitrogens is 1. The summed E-state index contributed by atoms with van der Waals surface area (Å²) in [6.07, 6.45) is 0. The molecule has 1 unspecified atom stereocenters. The Kier molecular flexibility index (Phi) is 3.88. The quantitative estimate of drug-likeness (QED) is 0.898. The van der Waals surface area contributed by atoms with Crippen LogP contribution >= 0.6 is 0 Å². The lowest BCUT2D eigenvalue weighted by molar-refractivity contribution is -0.945. The summed E-state index contributed by atoms with van der Waals surface area (Å²) in [6.45, 7) is 4.02. The Morgan fingerprint density at radius 3 is 2.81 bits per heavy atom. The number of nitrogens with one attached hydrogen (secondary N) is 2. The molecule has 0 saturated heterocycles. The van der Waals surface area contributed by atoms with Gasteiger partial charge in [0.15, 0.2) is 0 Å². The summed E-state index contributed by atoms with van der Waals surface area (Å²) < 4.78 is 5.82. The Hall–Kier alpha value is -2.33. The zero-order valence-corrected chi connectivity index (χ0v) is 12.1. The van der Waals surface area contributed by atoms with Gasteiger partial charge in [0.1, 0.15) is 18.8 Å². The molecule has 21 heavy (non-hydrogen) atoms. The molecule has 0 bridgehead atoms. The van der Waals surface area contributed by atoms with E-state index in [9.17, 15) is 4.79 Å². The van der Waals surface area contributed by atoms with Gasteiger partial charge in [0, 0.05) is 18.2 Å². The minimum Gasteiger partial charge on any atom is -0.445 e. The van der Waals surface area contributed by atoms with Crippen LogP contribution in [0, 0.1) is 0 Å². The first-order chi connectivity index (χ1) is 10.2. The molecule has 108 valence electrons. The number of ether oxygens (including phenoxy) is 1. The van der Waals surface area contributed by atoms with Gasteiger partial charge >= 0.3 is 0 Å². The molecule has 0 saturated carbocycles. The van der Waals surface area contributed by atoms with Crippen molar-refractivity contribution >= 4 is 11.6 Å². The van der Waals surface area contributed by atoms with Crippen LogP contribution in [0.4, 0.5) is 5.69 Å². The average Bonchev–Trinajstić information content (AvgIpc) is 2.47. The van der Waals surface area contributed by atoms with Crippen LogP contribution in [0.15, 0.2) is 48.5 Å². The van der Waals surface area contributed by atoms with Crippen molar-refractivity contribution in [3.05, 3.63) is 59.7 Å². The lowest BCUT2D eigenvalue weighted by Crippen LogP contribution is -3.10. The first-order valence-corrected chi connectivity index (χ1v) is 7.11. The number of benzene rings is 2. The maximum atomic E-state index is 11.1. The van der Waals surface area contributed by atoms with Gasteiger partial charge < -0.3 is 10.1 Å². The second kappa shape index (κ2) is 5.97. The number of carbonyl (C=O) groups is 1. The molecular weight excluding hydrogens is 264 g/mol. The lowest BCUT2D eigenvalue weighted by Gasteiger charge is -2.26. The van der Waals surface area contributed by atoms with Gasteiger partial charge in [0.2, 0.25) is 12.6 Å². The van der Waals surface area contributed by atoms with Crippen LogP contribution in [0.5, 0.6) is 5.75 Å². The summed E-state index contributed by atoms with van der Waals surface area (Å²) in [5.41, 5.74) is 3.27. The fourth-order valence-corrected chi connectivity index (χ4v) is 2.64. The Balaban J connectivity index is 1.73. The molecule has 0 radical (unpaired) electrons. The molecule has 2 aromatic carbocycles. The number of carbonyl (C=O) groups excluding carboxylic acids is 1. The second-order valence-electron chi connectivity index (χ2n) is 5.38. The normalized spacial score (nSPS) is 16.7. The number of hydrogen-bond donors (Lipinski definition) is 2.